The molecule has 1 fully saturated rings. The molecule has 0 radical (unpaired) electrons. The van der Waals surface area contributed by atoms with Gasteiger partial charge in [-0.2, -0.15) is 0 Å². The Morgan fingerprint density at radius 3 is 2.75 bits per heavy atom. The quantitative estimate of drug-likeness (QED) is 0.687. The number of nitrogens with zero attached hydrogens (tertiary/aromatic N) is 1. The summed E-state index contributed by atoms with van der Waals surface area (Å²) in [5, 5.41) is 3.45. The lowest BCUT2D eigenvalue weighted by molar-refractivity contribution is 0.208. The van der Waals surface area contributed by atoms with Crippen LogP contribution in [0.15, 0.2) is 0 Å². The van der Waals surface area contributed by atoms with Crippen molar-refractivity contribution in [1.82, 2.24) is 10.2 Å². The molecule has 0 bridgehead atoms. The average Bonchev–Trinajstić information content (AvgIpc) is 2.06. The van der Waals surface area contributed by atoms with Crippen LogP contribution in [0.4, 0.5) is 0 Å². The first-order valence-electron chi connectivity index (χ1n) is 5.11. The van der Waals surface area contributed by atoms with Crippen LogP contribution < -0.4 is 5.32 Å². The van der Waals surface area contributed by atoms with Gasteiger partial charge in [0.05, 0.1) is 0 Å². The maximum absolute atomic E-state index is 3.45. The zero-order valence-electron chi connectivity index (χ0n) is 8.64. The normalized spacial score (nSPS) is 25.2. The van der Waals surface area contributed by atoms with Crippen molar-refractivity contribution >= 4 is 0 Å². The molecule has 1 aliphatic heterocycles. The molecule has 0 aromatic carbocycles. The molecule has 1 aliphatic rings. The number of hydrogen-bond acceptors (Lipinski definition) is 2. The zero-order chi connectivity index (χ0) is 8.97. The Morgan fingerprint density at radius 2 is 2.25 bits per heavy atom. The molecule has 0 amide bonds. The molecule has 2 nitrogen and oxygen atoms in total. The fourth-order valence-corrected chi connectivity index (χ4v) is 1.70. The highest BCUT2D eigenvalue weighted by atomic mass is 15.1. The van der Waals surface area contributed by atoms with Gasteiger partial charge in [-0.1, -0.05) is 0 Å². The molecule has 0 aromatic rings. The molecule has 2 heteroatoms. The summed E-state index contributed by atoms with van der Waals surface area (Å²) in [6.45, 7) is 8.22. The third-order valence-electron chi connectivity index (χ3n) is 2.83. The lowest BCUT2D eigenvalue weighted by Crippen LogP contribution is -2.39. The molecule has 0 aliphatic carbocycles. The summed E-state index contributed by atoms with van der Waals surface area (Å²) < 4.78 is 0. The number of piperidine rings is 1. The maximum Gasteiger partial charge on any atom is 0.00356 e. The standard InChI is InChI=1S/C10H22N2/c1-9(2)12(3)8-10-5-4-6-11-7-10/h9-11H,4-8H2,1-3H3/t10-/m1/s1. The Labute approximate surface area is 76.3 Å². The van der Waals surface area contributed by atoms with Crippen molar-refractivity contribution in [1.29, 1.82) is 0 Å². The van der Waals surface area contributed by atoms with Crippen LogP contribution in [-0.2, 0) is 0 Å². The predicted octanol–water partition coefficient (Wildman–Crippen LogP) is 1.33. The van der Waals surface area contributed by atoms with E-state index in [2.05, 4.69) is 31.1 Å². The molecule has 1 N–H and O–H groups in total. The van der Waals surface area contributed by atoms with E-state index in [1.807, 2.05) is 0 Å². The van der Waals surface area contributed by atoms with Crippen LogP contribution in [-0.4, -0.2) is 37.6 Å². The van der Waals surface area contributed by atoms with Crippen molar-refractivity contribution in [3.63, 3.8) is 0 Å². The van der Waals surface area contributed by atoms with Crippen LogP contribution in [0.1, 0.15) is 26.7 Å². The van der Waals surface area contributed by atoms with E-state index < -0.39 is 0 Å². The van der Waals surface area contributed by atoms with Gasteiger partial charge in [0.2, 0.25) is 0 Å². The van der Waals surface area contributed by atoms with E-state index in [1.54, 1.807) is 0 Å². The van der Waals surface area contributed by atoms with Crippen LogP contribution in [0.5, 0.6) is 0 Å². The number of rotatable bonds is 3. The minimum atomic E-state index is 0.687. The van der Waals surface area contributed by atoms with E-state index in [9.17, 15) is 0 Å². The summed E-state index contributed by atoms with van der Waals surface area (Å²) in [7, 11) is 2.22. The lowest BCUT2D eigenvalue weighted by atomic mass is 9.99. The van der Waals surface area contributed by atoms with Gasteiger partial charge in [-0.25, -0.2) is 0 Å². The summed E-state index contributed by atoms with van der Waals surface area (Å²) in [5.74, 6) is 0.881. The molecule has 0 spiro atoms. The van der Waals surface area contributed by atoms with Crippen molar-refractivity contribution in [2.45, 2.75) is 32.7 Å². The van der Waals surface area contributed by atoms with Gasteiger partial charge in [0.1, 0.15) is 0 Å². The van der Waals surface area contributed by atoms with Crippen LogP contribution >= 0.6 is 0 Å². The third kappa shape index (κ3) is 3.11. The number of nitrogens with one attached hydrogen (secondary N) is 1. The molecule has 1 heterocycles. The van der Waals surface area contributed by atoms with Gasteiger partial charge in [-0.05, 0) is 52.7 Å². The fraction of sp³-hybridized carbons (Fsp3) is 1.00. The van der Waals surface area contributed by atoms with Crippen LogP contribution in [0.25, 0.3) is 0 Å². The third-order valence-corrected chi connectivity index (χ3v) is 2.83. The molecule has 1 saturated heterocycles. The van der Waals surface area contributed by atoms with E-state index in [-0.39, 0.29) is 0 Å². The molecule has 12 heavy (non-hydrogen) atoms. The molecule has 1 atom stereocenters. The predicted molar refractivity (Wildman–Crippen MR) is 53.4 cm³/mol. The second kappa shape index (κ2) is 4.83. The van der Waals surface area contributed by atoms with Gasteiger partial charge in [-0.15, -0.1) is 0 Å². The van der Waals surface area contributed by atoms with Crippen molar-refractivity contribution in [3.05, 3.63) is 0 Å². The van der Waals surface area contributed by atoms with Crippen LogP contribution in [0.2, 0.25) is 0 Å². The topological polar surface area (TPSA) is 15.3 Å². The minimum absolute atomic E-state index is 0.687. The first-order valence-corrected chi connectivity index (χ1v) is 5.11. The summed E-state index contributed by atoms with van der Waals surface area (Å²) in [6.07, 6.45) is 2.76. The zero-order valence-corrected chi connectivity index (χ0v) is 8.64. The Morgan fingerprint density at radius 1 is 1.50 bits per heavy atom. The summed E-state index contributed by atoms with van der Waals surface area (Å²) in [6, 6.07) is 0.687. The first kappa shape index (κ1) is 10.0. The van der Waals surface area contributed by atoms with E-state index in [4.69, 9.17) is 0 Å². The molecule has 0 saturated carbocycles. The van der Waals surface area contributed by atoms with E-state index in [1.165, 1.54) is 32.5 Å². The second-order valence-electron chi connectivity index (χ2n) is 4.25. The molecular formula is C10H22N2. The van der Waals surface area contributed by atoms with Gasteiger partial charge in [0, 0.05) is 12.6 Å². The Bertz CT molecular complexity index is 117. The van der Waals surface area contributed by atoms with Crippen molar-refractivity contribution in [3.8, 4) is 0 Å². The highest BCUT2D eigenvalue weighted by molar-refractivity contribution is 4.72. The monoisotopic (exact) mass is 170 g/mol. The Kier molecular flexibility index (Phi) is 4.02. The van der Waals surface area contributed by atoms with Gasteiger partial charge in [-0.3, -0.25) is 0 Å². The SMILES string of the molecule is CC(C)N(C)C[C@@H]1CCCNC1. The molecule has 0 unspecified atom stereocenters. The number of hydrogen-bond donors (Lipinski definition) is 1. The van der Waals surface area contributed by atoms with E-state index >= 15 is 0 Å². The molecular weight excluding hydrogens is 148 g/mol. The average molecular weight is 170 g/mol. The van der Waals surface area contributed by atoms with Gasteiger partial charge >= 0.3 is 0 Å². The maximum atomic E-state index is 3.45. The Hall–Kier alpha value is -0.0800. The van der Waals surface area contributed by atoms with Crippen LogP contribution in [0.3, 0.4) is 0 Å². The smallest absolute Gasteiger partial charge is 0.00356 e. The Balaban J connectivity index is 2.20. The second-order valence-corrected chi connectivity index (χ2v) is 4.25. The summed E-state index contributed by atoms with van der Waals surface area (Å²) in [5.41, 5.74) is 0. The highest BCUT2D eigenvalue weighted by Gasteiger charge is 2.15. The molecule has 1 rings (SSSR count). The van der Waals surface area contributed by atoms with Crippen LogP contribution in [0, 0.1) is 5.92 Å². The largest absolute Gasteiger partial charge is 0.316 e. The minimum Gasteiger partial charge on any atom is -0.316 e. The first-order chi connectivity index (χ1) is 5.70. The van der Waals surface area contributed by atoms with Crippen molar-refractivity contribution in [2.75, 3.05) is 26.7 Å². The van der Waals surface area contributed by atoms with Gasteiger partial charge in [0.15, 0.2) is 0 Å². The molecule has 0 aromatic heterocycles. The summed E-state index contributed by atoms with van der Waals surface area (Å²) in [4.78, 5) is 2.44. The van der Waals surface area contributed by atoms with Crippen molar-refractivity contribution < 1.29 is 0 Å². The van der Waals surface area contributed by atoms with Gasteiger partial charge in [0.25, 0.3) is 0 Å². The fourth-order valence-electron chi connectivity index (χ4n) is 1.70. The molecule has 72 valence electrons. The summed E-state index contributed by atoms with van der Waals surface area (Å²) >= 11 is 0. The van der Waals surface area contributed by atoms with E-state index in [0.29, 0.717) is 6.04 Å². The highest BCUT2D eigenvalue weighted by Crippen LogP contribution is 2.11. The van der Waals surface area contributed by atoms with E-state index in [0.717, 1.165) is 5.92 Å². The lowest BCUT2D eigenvalue weighted by Gasteiger charge is -2.29. The van der Waals surface area contributed by atoms with Gasteiger partial charge < -0.3 is 10.2 Å². The van der Waals surface area contributed by atoms with Crippen molar-refractivity contribution in [2.24, 2.45) is 5.92 Å².